The van der Waals surface area contributed by atoms with Crippen LogP contribution in [0.5, 0.6) is 0 Å². The van der Waals surface area contributed by atoms with Gasteiger partial charge in [-0.15, -0.1) is 0 Å². The maximum atomic E-state index is 12.0. The Balaban J connectivity index is 2.54. The minimum atomic E-state index is -0.427. The lowest BCUT2D eigenvalue weighted by Gasteiger charge is -2.54. The van der Waals surface area contributed by atoms with E-state index in [2.05, 4.69) is 25.7 Å². The molecule has 1 aliphatic rings. The van der Waals surface area contributed by atoms with Gasteiger partial charge in [0.2, 0.25) is 0 Å². The predicted molar refractivity (Wildman–Crippen MR) is 69.1 cm³/mol. The van der Waals surface area contributed by atoms with Crippen LogP contribution in [-0.2, 0) is 4.74 Å². The van der Waals surface area contributed by atoms with Gasteiger partial charge >= 0.3 is 6.09 Å². The summed E-state index contributed by atoms with van der Waals surface area (Å²) in [7, 11) is 1.83. The van der Waals surface area contributed by atoms with Crippen molar-refractivity contribution in [1.82, 2.24) is 9.80 Å². The first-order chi connectivity index (χ1) is 7.55. The van der Waals surface area contributed by atoms with Gasteiger partial charge in [0.1, 0.15) is 5.60 Å². The summed E-state index contributed by atoms with van der Waals surface area (Å²) in [6.45, 7) is 14.0. The van der Waals surface area contributed by atoms with Crippen LogP contribution in [0, 0.1) is 0 Å². The Morgan fingerprint density at radius 3 is 2.18 bits per heavy atom. The number of amides is 1. The van der Waals surface area contributed by atoms with Gasteiger partial charge in [-0.25, -0.2) is 4.79 Å². The highest BCUT2D eigenvalue weighted by atomic mass is 16.6. The van der Waals surface area contributed by atoms with Crippen LogP contribution < -0.4 is 0 Å². The summed E-state index contributed by atoms with van der Waals surface area (Å²) in [4.78, 5) is 16.0. The maximum absolute atomic E-state index is 12.0. The quantitative estimate of drug-likeness (QED) is 0.745. The topological polar surface area (TPSA) is 32.8 Å². The van der Waals surface area contributed by atoms with Crippen LogP contribution in [0.1, 0.15) is 41.5 Å². The molecule has 1 aliphatic heterocycles. The molecule has 1 saturated heterocycles. The van der Waals surface area contributed by atoms with E-state index >= 15 is 0 Å². The largest absolute Gasteiger partial charge is 0.444 e. The van der Waals surface area contributed by atoms with Gasteiger partial charge in [0, 0.05) is 26.2 Å². The van der Waals surface area contributed by atoms with E-state index in [9.17, 15) is 4.79 Å². The van der Waals surface area contributed by atoms with Gasteiger partial charge < -0.3 is 9.64 Å². The van der Waals surface area contributed by atoms with Gasteiger partial charge in [-0.3, -0.25) is 4.90 Å². The smallest absolute Gasteiger partial charge is 0.410 e. The van der Waals surface area contributed by atoms with Crippen molar-refractivity contribution < 1.29 is 9.53 Å². The fraction of sp³-hybridized carbons (Fsp3) is 0.923. The van der Waals surface area contributed by atoms with Crippen LogP contribution in [0.15, 0.2) is 0 Å². The molecule has 0 spiro atoms. The predicted octanol–water partition coefficient (Wildman–Crippen LogP) is 2.34. The van der Waals surface area contributed by atoms with E-state index < -0.39 is 5.60 Å². The second-order valence-corrected chi connectivity index (χ2v) is 6.54. The summed E-state index contributed by atoms with van der Waals surface area (Å²) in [5.74, 6) is 0. The Morgan fingerprint density at radius 2 is 1.82 bits per heavy atom. The first-order valence-corrected chi connectivity index (χ1v) is 6.26. The number of likely N-dealkylation sites (N-methyl/N-ethyl adjacent to an activating group) is 1. The van der Waals surface area contributed by atoms with E-state index in [4.69, 9.17) is 4.74 Å². The Labute approximate surface area is 105 Å². The number of ether oxygens (including phenoxy) is 1. The van der Waals surface area contributed by atoms with Crippen LogP contribution in [0.2, 0.25) is 0 Å². The average Bonchev–Trinajstić information content (AvgIpc) is 2.08. The lowest BCUT2D eigenvalue weighted by molar-refractivity contribution is -0.0564. The molecule has 1 amide bonds. The lowest BCUT2D eigenvalue weighted by Crippen LogP contribution is -2.70. The molecule has 0 atom stereocenters. The van der Waals surface area contributed by atoms with Gasteiger partial charge in [0.25, 0.3) is 0 Å². The zero-order valence-corrected chi connectivity index (χ0v) is 12.2. The molecule has 0 aromatic rings. The number of likely N-dealkylation sites (tertiary alicyclic amines) is 1. The Hall–Kier alpha value is -0.770. The number of hydrogen-bond donors (Lipinski definition) is 0. The molecule has 17 heavy (non-hydrogen) atoms. The van der Waals surface area contributed by atoms with Crippen molar-refractivity contribution in [3.8, 4) is 0 Å². The number of hydrogen-bond acceptors (Lipinski definition) is 3. The second-order valence-electron chi connectivity index (χ2n) is 6.54. The van der Waals surface area contributed by atoms with Crippen molar-refractivity contribution in [2.45, 2.75) is 58.7 Å². The highest BCUT2D eigenvalue weighted by molar-refractivity contribution is 5.69. The molecule has 4 heteroatoms. The molecule has 0 unspecified atom stereocenters. The molecular weight excluding hydrogens is 216 g/mol. The maximum Gasteiger partial charge on any atom is 0.410 e. The van der Waals surface area contributed by atoms with E-state index in [1.54, 1.807) is 4.90 Å². The molecule has 4 nitrogen and oxygen atoms in total. The summed E-state index contributed by atoms with van der Waals surface area (Å²) in [6.07, 6.45) is -0.233. The van der Waals surface area contributed by atoms with Crippen LogP contribution in [-0.4, -0.2) is 53.2 Å². The van der Waals surface area contributed by atoms with Gasteiger partial charge in [-0.1, -0.05) is 0 Å². The van der Waals surface area contributed by atoms with Gasteiger partial charge in [0.15, 0.2) is 0 Å². The highest BCUT2D eigenvalue weighted by Gasteiger charge is 2.45. The third-order valence-electron chi connectivity index (χ3n) is 3.29. The van der Waals surface area contributed by atoms with Crippen LogP contribution >= 0.6 is 0 Å². The molecule has 1 rings (SSSR count). The van der Waals surface area contributed by atoms with Crippen molar-refractivity contribution in [3.05, 3.63) is 0 Å². The number of carbonyl (C=O) groups is 1. The number of rotatable bonds is 2. The Bertz CT molecular complexity index is 288. The monoisotopic (exact) mass is 242 g/mol. The molecule has 1 fully saturated rings. The van der Waals surface area contributed by atoms with E-state index in [0.29, 0.717) is 6.04 Å². The minimum absolute atomic E-state index is 0.0907. The highest BCUT2D eigenvalue weighted by Crippen LogP contribution is 2.29. The van der Waals surface area contributed by atoms with E-state index in [-0.39, 0.29) is 11.6 Å². The SMILES string of the molecule is CC(C)N1CC(C)(N(C)C(=O)OC(C)(C)C)C1. The average molecular weight is 242 g/mol. The van der Waals surface area contributed by atoms with E-state index in [1.807, 2.05) is 27.8 Å². The first-order valence-electron chi connectivity index (χ1n) is 6.26. The molecular formula is C13H26N2O2. The normalized spacial score (nSPS) is 20.0. The summed E-state index contributed by atoms with van der Waals surface area (Å²) in [5.41, 5.74) is -0.518. The molecule has 0 N–H and O–H groups in total. The molecule has 0 bridgehead atoms. The van der Waals surface area contributed by atoms with Crippen molar-refractivity contribution in [3.63, 3.8) is 0 Å². The molecule has 0 aliphatic carbocycles. The summed E-state index contributed by atoms with van der Waals surface area (Å²) in [5, 5.41) is 0. The van der Waals surface area contributed by atoms with Gasteiger partial charge in [0.05, 0.1) is 5.54 Å². The Kier molecular flexibility index (Phi) is 3.77. The summed E-state index contributed by atoms with van der Waals surface area (Å²) >= 11 is 0. The van der Waals surface area contributed by atoms with E-state index in [0.717, 1.165) is 13.1 Å². The molecule has 0 saturated carbocycles. The van der Waals surface area contributed by atoms with Crippen LogP contribution in [0.4, 0.5) is 4.79 Å². The fourth-order valence-corrected chi connectivity index (χ4v) is 1.96. The van der Waals surface area contributed by atoms with Crippen molar-refractivity contribution in [1.29, 1.82) is 0 Å². The third kappa shape index (κ3) is 3.35. The Morgan fingerprint density at radius 1 is 1.35 bits per heavy atom. The molecule has 0 aromatic heterocycles. The summed E-state index contributed by atoms with van der Waals surface area (Å²) in [6, 6.07) is 0.537. The van der Waals surface area contributed by atoms with Crippen LogP contribution in [0.25, 0.3) is 0 Å². The first kappa shape index (κ1) is 14.3. The third-order valence-corrected chi connectivity index (χ3v) is 3.29. The standard InChI is InChI=1S/C13H26N2O2/c1-10(2)15-8-13(6,9-15)14(7)11(16)17-12(3,4)5/h10H,8-9H2,1-7H3. The van der Waals surface area contributed by atoms with Crippen molar-refractivity contribution in [2.24, 2.45) is 0 Å². The number of nitrogens with zero attached hydrogens (tertiary/aromatic N) is 2. The second kappa shape index (κ2) is 4.48. The van der Waals surface area contributed by atoms with E-state index in [1.165, 1.54) is 0 Å². The zero-order chi connectivity index (χ0) is 13.4. The zero-order valence-electron chi connectivity index (χ0n) is 12.2. The molecule has 1 heterocycles. The van der Waals surface area contributed by atoms with Crippen molar-refractivity contribution >= 4 is 6.09 Å². The molecule has 0 aromatic carbocycles. The molecule has 0 radical (unpaired) electrons. The van der Waals surface area contributed by atoms with Crippen molar-refractivity contribution in [2.75, 3.05) is 20.1 Å². The van der Waals surface area contributed by atoms with Gasteiger partial charge in [-0.2, -0.15) is 0 Å². The fourth-order valence-electron chi connectivity index (χ4n) is 1.96. The van der Waals surface area contributed by atoms with Gasteiger partial charge in [-0.05, 0) is 41.5 Å². The van der Waals surface area contributed by atoms with Crippen LogP contribution in [0.3, 0.4) is 0 Å². The number of carbonyl (C=O) groups excluding carboxylic acids is 1. The molecule has 100 valence electrons. The lowest BCUT2D eigenvalue weighted by atomic mass is 9.89. The summed E-state index contributed by atoms with van der Waals surface area (Å²) < 4.78 is 5.39. The minimum Gasteiger partial charge on any atom is -0.444 e.